The minimum Gasteiger partial charge on any atom is -0.497 e. The molecule has 0 aliphatic rings. The lowest BCUT2D eigenvalue weighted by molar-refractivity contribution is -0.142. The minimum atomic E-state index is -0.787. The zero-order valence-electron chi connectivity index (χ0n) is 12.7. The first kappa shape index (κ1) is 16.5. The molecule has 1 rings (SSSR count). The van der Waals surface area contributed by atoms with Crippen LogP contribution in [0.2, 0.25) is 0 Å². The summed E-state index contributed by atoms with van der Waals surface area (Å²) in [6, 6.07) is 7.52. The number of hydrogen-bond acceptors (Lipinski definition) is 3. The van der Waals surface area contributed by atoms with Gasteiger partial charge in [0, 0.05) is 6.61 Å². The minimum absolute atomic E-state index is 0.237. The highest BCUT2D eigenvalue weighted by atomic mass is 16.5. The van der Waals surface area contributed by atoms with Gasteiger partial charge in [0.15, 0.2) is 0 Å². The van der Waals surface area contributed by atoms with Gasteiger partial charge < -0.3 is 14.6 Å². The van der Waals surface area contributed by atoms with Gasteiger partial charge in [-0.1, -0.05) is 12.1 Å². The quantitative estimate of drug-likeness (QED) is 0.833. The van der Waals surface area contributed by atoms with Crippen LogP contribution >= 0.6 is 0 Å². The maximum absolute atomic E-state index is 11.3. The Hall–Kier alpha value is -1.55. The molecule has 0 saturated heterocycles. The molecule has 0 aliphatic heterocycles. The van der Waals surface area contributed by atoms with Crippen molar-refractivity contribution >= 4 is 5.97 Å². The van der Waals surface area contributed by atoms with Crippen molar-refractivity contribution in [1.29, 1.82) is 0 Å². The molecular formula is C16H24O4. The number of ether oxygens (including phenoxy) is 2. The van der Waals surface area contributed by atoms with Crippen LogP contribution in [-0.2, 0) is 16.0 Å². The van der Waals surface area contributed by atoms with E-state index in [9.17, 15) is 9.90 Å². The summed E-state index contributed by atoms with van der Waals surface area (Å²) in [4.78, 5) is 11.3. The van der Waals surface area contributed by atoms with Crippen LogP contribution in [0.3, 0.4) is 0 Å². The molecule has 0 spiro atoms. The molecule has 4 nitrogen and oxygen atoms in total. The van der Waals surface area contributed by atoms with E-state index in [1.165, 1.54) is 0 Å². The Morgan fingerprint density at radius 2 is 2.05 bits per heavy atom. The number of rotatable bonds is 7. The first-order valence-electron chi connectivity index (χ1n) is 6.81. The van der Waals surface area contributed by atoms with E-state index in [4.69, 9.17) is 9.47 Å². The van der Waals surface area contributed by atoms with Crippen LogP contribution in [0.1, 0.15) is 32.8 Å². The highest BCUT2D eigenvalue weighted by molar-refractivity contribution is 5.70. The van der Waals surface area contributed by atoms with Gasteiger partial charge in [0.25, 0.3) is 0 Å². The zero-order valence-corrected chi connectivity index (χ0v) is 12.7. The van der Waals surface area contributed by atoms with Crippen molar-refractivity contribution in [3.8, 4) is 5.75 Å². The summed E-state index contributed by atoms with van der Waals surface area (Å²) >= 11 is 0. The molecular weight excluding hydrogens is 256 g/mol. The second-order valence-electron chi connectivity index (χ2n) is 5.84. The molecule has 0 fully saturated rings. The van der Waals surface area contributed by atoms with Crippen molar-refractivity contribution in [3.05, 3.63) is 29.8 Å². The normalized spacial score (nSPS) is 13.0. The second kappa shape index (κ2) is 7.29. The van der Waals surface area contributed by atoms with Crippen LogP contribution in [0.15, 0.2) is 24.3 Å². The molecule has 0 saturated carbocycles. The van der Waals surface area contributed by atoms with Crippen molar-refractivity contribution in [1.82, 2.24) is 0 Å². The van der Waals surface area contributed by atoms with E-state index in [1.807, 2.05) is 45.0 Å². The number of carboxylic acid groups (broad SMARTS) is 1. The van der Waals surface area contributed by atoms with Crippen molar-refractivity contribution in [2.75, 3.05) is 13.7 Å². The van der Waals surface area contributed by atoms with Gasteiger partial charge >= 0.3 is 5.97 Å². The van der Waals surface area contributed by atoms with Crippen molar-refractivity contribution in [2.24, 2.45) is 5.92 Å². The van der Waals surface area contributed by atoms with Gasteiger partial charge in [-0.25, -0.2) is 0 Å². The SMILES string of the molecule is COc1cccc(CC(CCOC(C)(C)C)C(=O)O)c1. The number of methoxy groups -OCH3 is 1. The monoisotopic (exact) mass is 280 g/mol. The lowest BCUT2D eigenvalue weighted by Crippen LogP contribution is -2.24. The Labute approximate surface area is 120 Å². The third-order valence-corrected chi connectivity index (χ3v) is 2.97. The van der Waals surface area contributed by atoms with E-state index in [2.05, 4.69) is 0 Å². The van der Waals surface area contributed by atoms with Gasteiger partial charge in [0.2, 0.25) is 0 Å². The molecule has 1 atom stereocenters. The van der Waals surface area contributed by atoms with E-state index in [1.54, 1.807) is 7.11 Å². The average molecular weight is 280 g/mol. The lowest BCUT2D eigenvalue weighted by atomic mass is 9.96. The summed E-state index contributed by atoms with van der Waals surface area (Å²) in [5.41, 5.74) is 0.728. The third-order valence-electron chi connectivity index (χ3n) is 2.97. The first-order chi connectivity index (χ1) is 9.31. The fraction of sp³-hybridized carbons (Fsp3) is 0.562. The molecule has 1 aromatic carbocycles. The predicted octanol–water partition coefficient (Wildman–Crippen LogP) is 3.14. The van der Waals surface area contributed by atoms with Crippen molar-refractivity contribution in [3.63, 3.8) is 0 Å². The summed E-state index contributed by atoms with van der Waals surface area (Å²) in [7, 11) is 1.60. The summed E-state index contributed by atoms with van der Waals surface area (Å²) < 4.78 is 10.8. The summed E-state index contributed by atoms with van der Waals surface area (Å²) in [5.74, 6) is -0.479. The van der Waals surface area contributed by atoms with Crippen LogP contribution in [-0.4, -0.2) is 30.4 Å². The van der Waals surface area contributed by atoms with E-state index < -0.39 is 11.9 Å². The Balaban J connectivity index is 2.60. The van der Waals surface area contributed by atoms with E-state index in [-0.39, 0.29) is 5.60 Å². The molecule has 0 radical (unpaired) electrons. The molecule has 0 aliphatic carbocycles. The van der Waals surface area contributed by atoms with Gasteiger partial charge in [-0.05, 0) is 51.3 Å². The predicted molar refractivity (Wildman–Crippen MR) is 78.1 cm³/mol. The Morgan fingerprint density at radius 3 is 2.60 bits per heavy atom. The maximum atomic E-state index is 11.3. The molecule has 1 aromatic rings. The molecule has 0 aromatic heterocycles. The number of hydrogen-bond donors (Lipinski definition) is 1. The smallest absolute Gasteiger partial charge is 0.306 e. The summed E-state index contributed by atoms with van der Waals surface area (Å²) in [5, 5.41) is 9.30. The van der Waals surface area contributed by atoms with Crippen LogP contribution in [0.4, 0.5) is 0 Å². The fourth-order valence-corrected chi connectivity index (χ4v) is 1.90. The molecule has 112 valence electrons. The number of aliphatic carboxylic acids is 1. The fourth-order valence-electron chi connectivity index (χ4n) is 1.90. The molecule has 0 heterocycles. The average Bonchev–Trinajstić information content (AvgIpc) is 2.36. The van der Waals surface area contributed by atoms with Crippen LogP contribution in [0, 0.1) is 5.92 Å². The Morgan fingerprint density at radius 1 is 1.35 bits per heavy atom. The lowest BCUT2D eigenvalue weighted by Gasteiger charge is -2.21. The van der Waals surface area contributed by atoms with Crippen LogP contribution in [0.5, 0.6) is 5.75 Å². The zero-order chi connectivity index (χ0) is 15.2. The summed E-state index contributed by atoms with van der Waals surface area (Å²) in [6.07, 6.45) is 0.990. The standard InChI is InChI=1S/C16H24O4/c1-16(2,3)20-9-8-13(15(17)18)10-12-6-5-7-14(11-12)19-4/h5-7,11,13H,8-10H2,1-4H3,(H,17,18). The van der Waals surface area contributed by atoms with Gasteiger partial charge in [0.1, 0.15) is 5.75 Å². The largest absolute Gasteiger partial charge is 0.497 e. The Bertz CT molecular complexity index is 434. The summed E-state index contributed by atoms with van der Waals surface area (Å²) in [6.45, 7) is 6.34. The van der Waals surface area contributed by atoms with Gasteiger partial charge in [-0.15, -0.1) is 0 Å². The maximum Gasteiger partial charge on any atom is 0.306 e. The van der Waals surface area contributed by atoms with Crippen LogP contribution < -0.4 is 4.74 Å². The first-order valence-corrected chi connectivity index (χ1v) is 6.81. The van der Waals surface area contributed by atoms with Crippen LogP contribution in [0.25, 0.3) is 0 Å². The van der Waals surface area contributed by atoms with Gasteiger partial charge in [0.05, 0.1) is 18.6 Å². The number of benzene rings is 1. The molecule has 0 bridgehead atoms. The van der Waals surface area contributed by atoms with E-state index in [0.717, 1.165) is 11.3 Å². The van der Waals surface area contributed by atoms with Gasteiger partial charge in [-0.3, -0.25) is 4.79 Å². The van der Waals surface area contributed by atoms with E-state index in [0.29, 0.717) is 19.4 Å². The topological polar surface area (TPSA) is 55.8 Å². The van der Waals surface area contributed by atoms with Gasteiger partial charge in [-0.2, -0.15) is 0 Å². The second-order valence-corrected chi connectivity index (χ2v) is 5.84. The molecule has 0 amide bonds. The highest BCUT2D eigenvalue weighted by Gasteiger charge is 2.19. The third kappa shape index (κ3) is 6.06. The number of carboxylic acids is 1. The molecule has 1 unspecified atom stereocenters. The highest BCUT2D eigenvalue weighted by Crippen LogP contribution is 2.19. The number of carbonyl (C=O) groups is 1. The van der Waals surface area contributed by atoms with Crippen molar-refractivity contribution in [2.45, 2.75) is 39.2 Å². The molecule has 1 N–H and O–H groups in total. The van der Waals surface area contributed by atoms with Crippen molar-refractivity contribution < 1.29 is 19.4 Å². The van der Waals surface area contributed by atoms with E-state index >= 15 is 0 Å². The Kier molecular flexibility index (Phi) is 6.02. The molecule has 4 heteroatoms. The molecule has 20 heavy (non-hydrogen) atoms.